The highest BCUT2D eigenvalue weighted by Gasteiger charge is 2.33. The molecule has 0 saturated carbocycles. The number of fused-ring (bicyclic) bond motifs is 1. The molecule has 1 saturated heterocycles. The molecule has 3 heterocycles. The third kappa shape index (κ3) is 4.94. The van der Waals surface area contributed by atoms with E-state index < -0.39 is 0 Å². The van der Waals surface area contributed by atoms with E-state index in [9.17, 15) is 14.4 Å². The summed E-state index contributed by atoms with van der Waals surface area (Å²) in [6.45, 7) is 2.12. The Morgan fingerprint density at radius 3 is 2.43 bits per heavy atom. The van der Waals surface area contributed by atoms with Gasteiger partial charge in [-0.3, -0.25) is 19.1 Å². The normalized spacial score (nSPS) is 15.0. The number of piperazine rings is 1. The molecule has 3 amide bonds. The average Bonchev–Trinajstić information content (AvgIpc) is 3.25. The first-order valence-electron chi connectivity index (χ1n) is 11.6. The van der Waals surface area contributed by atoms with Gasteiger partial charge in [0.15, 0.2) is 5.69 Å². The third-order valence-electron chi connectivity index (χ3n) is 6.21. The molecule has 3 aromatic rings. The van der Waals surface area contributed by atoms with Gasteiger partial charge in [-0.25, -0.2) is 0 Å². The Hall–Kier alpha value is -4.38. The fourth-order valence-electron chi connectivity index (χ4n) is 4.41. The van der Waals surface area contributed by atoms with Gasteiger partial charge >= 0.3 is 0 Å². The summed E-state index contributed by atoms with van der Waals surface area (Å²) in [5.74, 6) is 4.89. The van der Waals surface area contributed by atoms with Gasteiger partial charge in [-0.15, -0.1) is 0 Å². The molecule has 0 aliphatic carbocycles. The molecule has 5 rings (SSSR count). The quantitative estimate of drug-likeness (QED) is 0.591. The number of carbonyl (C=O) groups excluding carboxylic acids is 3. The molecule has 1 aromatic heterocycles. The standard InChI is InChI=1S/C27H25N5O3/c33-24-19-31(16-14-28-24)27(35)26-22-18-30(25(34)12-11-20-7-3-1-4-8-20)15-13-23(22)32(29-26)17-21-9-5-2-6-10-21/h1-10H,13-19H2,(H,28,33). The molecule has 2 aliphatic heterocycles. The van der Waals surface area contributed by atoms with Crippen molar-refractivity contribution >= 4 is 17.7 Å². The lowest BCUT2D eigenvalue weighted by atomic mass is 10.0. The number of amides is 3. The highest BCUT2D eigenvalue weighted by molar-refractivity contribution is 5.98. The van der Waals surface area contributed by atoms with Crippen LogP contribution in [0.2, 0.25) is 0 Å². The summed E-state index contributed by atoms with van der Waals surface area (Å²) in [7, 11) is 0. The topological polar surface area (TPSA) is 87.5 Å². The van der Waals surface area contributed by atoms with E-state index in [-0.39, 0.29) is 30.8 Å². The van der Waals surface area contributed by atoms with Crippen LogP contribution in [0.4, 0.5) is 0 Å². The number of carbonyl (C=O) groups is 3. The zero-order valence-electron chi connectivity index (χ0n) is 19.2. The highest BCUT2D eigenvalue weighted by Crippen LogP contribution is 2.25. The predicted molar refractivity (Wildman–Crippen MR) is 129 cm³/mol. The van der Waals surface area contributed by atoms with E-state index in [0.29, 0.717) is 38.3 Å². The minimum atomic E-state index is -0.286. The number of nitrogens with one attached hydrogen (secondary N) is 1. The van der Waals surface area contributed by atoms with E-state index in [1.165, 1.54) is 4.90 Å². The Morgan fingerprint density at radius 1 is 0.943 bits per heavy atom. The lowest BCUT2D eigenvalue weighted by Gasteiger charge is -2.28. The summed E-state index contributed by atoms with van der Waals surface area (Å²) >= 11 is 0. The van der Waals surface area contributed by atoms with E-state index in [4.69, 9.17) is 5.10 Å². The molecule has 35 heavy (non-hydrogen) atoms. The fraction of sp³-hybridized carbons (Fsp3) is 0.259. The second-order valence-electron chi connectivity index (χ2n) is 8.59. The zero-order chi connectivity index (χ0) is 24.2. The van der Waals surface area contributed by atoms with Crippen LogP contribution in [-0.2, 0) is 29.1 Å². The first kappa shape index (κ1) is 22.4. The summed E-state index contributed by atoms with van der Waals surface area (Å²) < 4.78 is 1.86. The van der Waals surface area contributed by atoms with E-state index in [1.807, 2.05) is 65.3 Å². The predicted octanol–water partition coefficient (Wildman–Crippen LogP) is 1.44. The summed E-state index contributed by atoms with van der Waals surface area (Å²) in [5, 5.41) is 7.44. The molecule has 0 bridgehead atoms. The third-order valence-corrected chi connectivity index (χ3v) is 6.21. The average molecular weight is 468 g/mol. The number of aromatic nitrogens is 2. The van der Waals surface area contributed by atoms with Crippen molar-refractivity contribution in [1.82, 2.24) is 24.9 Å². The molecule has 2 aromatic carbocycles. The van der Waals surface area contributed by atoms with Crippen LogP contribution in [0, 0.1) is 11.8 Å². The molecule has 8 heteroatoms. The van der Waals surface area contributed by atoms with Crippen molar-refractivity contribution in [3.05, 3.63) is 88.7 Å². The van der Waals surface area contributed by atoms with Gasteiger partial charge in [-0.05, 0) is 17.7 Å². The number of hydrogen-bond acceptors (Lipinski definition) is 4. The molecule has 2 aliphatic rings. The van der Waals surface area contributed by atoms with Crippen LogP contribution in [0.1, 0.15) is 32.9 Å². The maximum absolute atomic E-state index is 13.4. The van der Waals surface area contributed by atoms with Crippen LogP contribution in [-0.4, -0.2) is 63.5 Å². The largest absolute Gasteiger partial charge is 0.353 e. The van der Waals surface area contributed by atoms with E-state index in [0.717, 1.165) is 22.4 Å². The van der Waals surface area contributed by atoms with Gasteiger partial charge < -0.3 is 15.1 Å². The van der Waals surface area contributed by atoms with Crippen molar-refractivity contribution in [3.8, 4) is 11.8 Å². The van der Waals surface area contributed by atoms with Crippen molar-refractivity contribution in [2.75, 3.05) is 26.2 Å². The molecule has 176 valence electrons. The number of benzene rings is 2. The lowest BCUT2D eigenvalue weighted by molar-refractivity contribution is -0.126. The Morgan fingerprint density at radius 2 is 1.69 bits per heavy atom. The van der Waals surface area contributed by atoms with Crippen molar-refractivity contribution in [1.29, 1.82) is 0 Å². The molecule has 1 N–H and O–H groups in total. The van der Waals surface area contributed by atoms with Crippen molar-refractivity contribution < 1.29 is 14.4 Å². The van der Waals surface area contributed by atoms with Crippen molar-refractivity contribution in [3.63, 3.8) is 0 Å². The van der Waals surface area contributed by atoms with Crippen LogP contribution >= 0.6 is 0 Å². The van der Waals surface area contributed by atoms with Gasteiger partial charge in [0.25, 0.3) is 11.8 Å². The first-order chi connectivity index (χ1) is 17.1. The molecule has 8 nitrogen and oxygen atoms in total. The molecule has 0 spiro atoms. The smallest absolute Gasteiger partial charge is 0.299 e. The second-order valence-corrected chi connectivity index (χ2v) is 8.59. The highest BCUT2D eigenvalue weighted by atomic mass is 16.2. The molecular weight excluding hydrogens is 442 g/mol. The molecule has 0 unspecified atom stereocenters. The van der Waals surface area contributed by atoms with Gasteiger partial charge in [0.05, 0.1) is 19.6 Å². The monoisotopic (exact) mass is 467 g/mol. The Kier molecular flexibility index (Phi) is 6.31. The number of hydrogen-bond donors (Lipinski definition) is 1. The van der Waals surface area contributed by atoms with Gasteiger partial charge in [0.1, 0.15) is 0 Å². The maximum atomic E-state index is 13.4. The lowest BCUT2D eigenvalue weighted by Crippen LogP contribution is -2.50. The van der Waals surface area contributed by atoms with Crippen molar-refractivity contribution in [2.24, 2.45) is 0 Å². The van der Waals surface area contributed by atoms with Gasteiger partial charge in [0, 0.05) is 48.8 Å². The SMILES string of the molecule is O=C1CN(C(=O)c2nn(Cc3ccccc3)c3c2CN(C(=O)C#Cc2ccccc2)CC3)CCN1. The summed E-state index contributed by atoms with van der Waals surface area (Å²) in [5.41, 5.74) is 3.82. The molecule has 0 radical (unpaired) electrons. The van der Waals surface area contributed by atoms with E-state index in [2.05, 4.69) is 17.2 Å². The maximum Gasteiger partial charge on any atom is 0.299 e. The van der Waals surface area contributed by atoms with Crippen molar-refractivity contribution in [2.45, 2.75) is 19.5 Å². The minimum Gasteiger partial charge on any atom is -0.353 e. The van der Waals surface area contributed by atoms with Crippen LogP contribution in [0.15, 0.2) is 60.7 Å². The van der Waals surface area contributed by atoms with Crippen LogP contribution < -0.4 is 5.32 Å². The Labute approximate surface area is 203 Å². The molecule has 1 fully saturated rings. The van der Waals surface area contributed by atoms with Gasteiger partial charge in [-0.2, -0.15) is 5.10 Å². The zero-order valence-corrected chi connectivity index (χ0v) is 19.2. The fourth-order valence-corrected chi connectivity index (χ4v) is 4.41. The first-order valence-corrected chi connectivity index (χ1v) is 11.6. The summed E-state index contributed by atoms with van der Waals surface area (Å²) in [6.07, 6.45) is 0.571. The van der Waals surface area contributed by atoms with Gasteiger partial charge in [-0.1, -0.05) is 54.5 Å². The number of nitrogens with zero attached hydrogens (tertiary/aromatic N) is 4. The molecule has 0 atom stereocenters. The van der Waals surface area contributed by atoms with Crippen LogP contribution in [0.5, 0.6) is 0 Å². The second kappa shape index (κ2) is 9.85. The van der Waals surface area contributed by atoms with E-state index >= 15 is 0 Å². The Bertz CT molecular complexity index is 1320. The van der Waals surface area contributed by atoms with Crippen LogP contribution in [0.25, 0.3) is 0 Å². The van der Waals surface area contributed by atoms with Gasteiger partial charge in [0.2, 0.25) is 5.91 Å². The number of rotatable bonds is 3. The summed E-state index contributed by atoms with van der Waals surface area (Å²) in [4.78, 5) is 41.3. The summed E-state index contributed by atoms with van der Waals surface area (Å²) in [6, 6.07) is 19.3. The Balaban J connectivity index is 1.44. The minimum absolute atomic E-state index is 0.00431. The van der Waals surface area contributed by atoms with Crippen LogP contribution in [0.3, 0.4) is 0 Å². The molecular formula is C27H25N5O3. The van der Waals surface area contributed by atoms with E-state index in [1.54, 1.807) is 4.90 Å².